The Kier molecular flexibility index (Phi) is 3.74. The molecular formula is C12H13BrN6O2. The summed E-state index contributed by atoms with van der Waals surface area (Å²) in [6.45, 7) is 2.39. The number of rotatable bonds is 5. The maximum atomic E-state index is 5.80. The van der Waals surface area contributed by atoms with Crippen LogP contribution in [0.15, 0.2) is 25.6 Å². The van der Waals surface area contributed by atoms with Gasteiger partial charge in [0.15, 0.2) is 16.2 Å². The lowest BCUT2D eigenvalue weighted by Gasteiger charge is -2.02. The van der Waals surface area contributed by atoms with Crippen LogP contribution in [-0.2, 0) is 13.0 Å². The Morgan fingerprint density at radius 1 is 1.24 bits per heavy atom. The number of hydrogen-bond acceptors (Lipinski definition) is 7. The van der Waals surface area contributed by atoms with Crippen LogP contribution in [0.3, 0.4) is 0 Å². The molecule has 2 N–H and O–H groups in total. The van der Waals surface area contributed by atoms with Crippen LogP contribution in [0.4, 0.5) is 5.82 Å². The average Bonchev–Trinajstić information content (AvgIpc) is 3.15. The van der Waals surface area contributed by atoms with Crippen LogP contribution in [0.1, 0.15) is 24.9 Å². The van der Waals surface area contributed by atoms with E-state index in [0.717, 1.165) is 18.5 Å². The van der Waals surface area contributed by atoms with E-state index in [0.29, 0.717) is 34.6 Å². The Morgan fingerprint density at radius 3 is 2.81 bits per heavy atom. The molecule has 110 valence electrons. The summed E-state index contributed by atoms with van der Waals surface area (Å²) < 4.78 is 13.2. The molecule has 0 unspecified atom stereocenters. The first-order valence-electron chi connectivity index (χ1n) is 6.43. The van der Waals surface area contributed by atoms with E-state index in [4.69, 9.17) is 14.6 Å². The van der Waals surface area contributed by atoms with Crippen molar-refractivity contribution in [2.75, 3.05) is 5.73 Å². The molecule has 0 radical (unpaired) electrons. The molecule has 8 nitrogen and oxygen atoms in total. The molecule has 0 spiro atoms. The standard InChI is InChI=1S/C12H13BrN6O2/c1-2-3-7-11(14)16-18-19(7)6-10-15-17-12(21-10)8-4-5-9(13)20-8/h4-5H,2-3,6,14H2,1H3. The van der Waals surface area contributed by atoms with Crippen molar-refractivity contribution >= 4 is 21.7 Å². The fraction of sp³-hybridized carbons (Fsp3) is 0.333. The highest BCUT2D eigenvalue weighted by atomic mass is 79.9. The number of aromatic nitrogens is 5. The van der Waals surface area contributed by atoms with E-state index in [-0.39, 0.29) is 0 Å². The van der Waals surface area contributed by atoms with Crippen LogP contribution in [0.2, 0.25) is 0 Å². The number of furan rings is 1. The van der Waals surface area contributed by atoms with Crippen molar-refractivity contribution in [1.29, 1.82) is 0 Å². The fourth-order valence-electron chi connectivity index (χ4n) is 1.94. The summed E-state index contributed by atoms with van der Waals surface area (Å²) in [6.07, 6.45) is 1.75. The van der Waals surface area contributed by atoms with Crippen molar-refractivity contribution in [3.63, 3.8) is 0 Å². The van der Waals surface area contributed by atoms with Gasteiger partial charge in [0, 0.05) is 0 Å². The fourth-order valence-corrected chi connectivity index (χ4v) is 2.25. The van der Waals surface area contributed by atoms with Gasteiger partial charge in [-0.05, 0) is 34.5 Å². The lowest BCUT2D eigenvalue weighted by molar-refractivity contribution is 0.446. The van der Waals surface area contributed by atoms with E-state index in [1.165, 1.54) is 0 Å². The molecule has 0 aliphatic carbocycles. The van der Waals surface area contributed by atoms with E-state index < -0.39 is 0 Å². The summed E-state index contributed by atoms with van der Waals surface area (Å²) in [5.41, 5.74) is 6.67. The van der Waals surface area contributed by atoms with Crippen LogP contribution in [0, 0.1) is 0 Å². The van der Waals surface area contributed by atoms with Gasteiger partial charge in [0.1, 0.15) is 6.54 Å². The number of hydrogen-bond donors (Lipinski definition) is 1. The molecule has 3 heterocycles. The van der Waals surface area contributed by atoms with Gasteiger partial charge in [-0.15, -0.1) is 15.3 Å². The van der Waals surface area contributed by atoms with Gasteiger partial charge in [0.2, 0.25) is 5.89 Å². The van der Waals surface area contributed by atoms with Crippen molar-refractivity contribution in [2.24, 2.45) is 0 Å². The largest absolute Gasteiger partial charge is 0.444 e. The maximum absolute atomic E-state index is 5.80. The Morgan fingerprint density at radius 2 is 2.10 bits per heavy atom. The zero-order chi connectivity index (χ0) is 14.8. The molecule has 0 saturated carbocycles. The summed E-state index contributed by atoms with van der Waals surface area (Å²) in [6, 6.07) is 3.51. The van der Waals surface area contributed by atoms with Gasteiger partial charge in [0.25, 0.3) is 5.89 Å². The van der Waals surface area contributed by atoms with Gasteiger partial charge in [-0.2, -0.15) is 0 Å². The van der Waals surface area contributed by atoms with Gasteiger partial charge in [0.05, 0.1) is 5.69 Å². The Labute approximate surface area is 128 Å². The molecule has 0 aliphatic heterocycles. The monoisotopic (exact) mass is 352 g/mol. The van der Waals surface area contributed by atoms with Crippen LogP contribution >= 0.6 is 15.9 Å². The van der Waals surface area contributed by atoms with E-state index in [9.17, 15) is 0 Å². The van der Waals surface area contributed by atoms with Gasteiger partial charge < -0.3 is 14.6 Å². The third-order valence-electron chi connectivity index (χ3n) is 2.89. The molecule has 9 heteroatoms. The van der Waals surface area contributed by atoms with Gasteiger partial charge in [-0.3, -0.25) is 0 Å². The summed E-state index contributed by atoms with van der Waals surface area (Å²) in [7, 11) is 0. The molecule has 0 aliphatic rings. The number of nitrogen functional groups attached to an aromatic ring is 1. The summed E-state index contributed by atoms with van der Waals surface area (Å²) in [4.78, 5) is 0. The quantitative estimate of drug-likeness (QED) is 0.749. The highest BCUT2D eigenvalue weighted by Gasteiger charge is 2.15. The SMILES string of the molecule is CCCc1c(N)nnn1Cc1nnc(-c2ccc(Br)o2)o1. The predicted molar refractivity (Wildman–Crippen MR) is 77.2 cm³/mol. The first-order valence-corrected chi connectivity index (χ1v) is 7.22. The molecule has 3 aromatic heterocycles. The molecule has 3 aromatic rings. The van der Waals surface area contributed by atoms with E-state index >= 15 is 0 Å². The lowest BCUT2D eigenvalue weighted by atomic mass is 10.2. The maximum Gasteiger partial charge on any atom is 0.283 e. The van der Waals surface area contributed by atoms with Crippen LogP contribution in [0.5, 0.6) is 0 Å². The minimum atomic E-state index is 0.320. The van der Waals surface area contributed by atoms with Gasteiger partial charge in [-0.25, -0.2) is 4.68 Å². The molecule has 3 rings (SSSR count). The number of anilines is 1. The van der Waals surface area contributed by atoms with Crippen molar-refractivity contribution < 1.29 is 8.83 Å². The summed E-state index contributed by atoms with van der Waals surface area (Å²) in [5.74, 6) is 1.68. The third-order valence-corrected chi connectivity index (χ3v) is 3.32. The minimum absolute atomic E-state index is 0.320. The van der Waals surface area contributed by atoms with Crippen LogP contribution in [0.25, 0.3) is 11.7 Å². The molecule has 0 fully saturated rings. The topological polar surface area (TPSA) is 109 Å². The van der Waals surface area contributed by atoms with Crippen molar-refractivity contribution in [3.8, 4) is 11.7 Å². The summed E-state index contributed by atoms with van der Waals surface area (Å²) >= 11 is 3.23. The smallest absolute Gasteiger partial charge is 0.283 e. The Balaban J connectivity index is 1.81. The zero-order valence-electron chi connectivity index (χ0n) is 11.3. The highest BCUT2D eigenvalue weighted by Crippen LogP contribution is 2.24. The second kappa shape index (κ2) is 5.68. The van der Waals surface area contributed by atoms with Crippen molar-refractivity contribution in [1.82, 2.24) is 25.2 Å². The third kappa shape index (κ3) is 2.82. The molecular weight excluding hydrogens is 340 g/mol. The molecule has 0 saturated heterocycles. The molecule has 0 amide bonds. The van der Waals surface area contributed by atoms with Crippen molar-refractivity contribution in [2.45, 2.75) is 26.3 Å². The van der Waals surface area contributed by atoms with Crippen LogP contribution < -0.4 is 5.73 Å². The Bertz CT molecular complexity index is 747. The first kappa shape index (κ1) is 13.8. The number of halogens is 1. The molecule has 0 bridgehead atoms. The predicted octanol–water partition coefficient (Wildman–Crippen LogP) is 2.27. The molecule has 21 heavy (non-hydrogen) atoms. The van der Waals surface area contributed by atoms with E-state index in [1.54, 1.807) is 16.8 Å². The van der Waals surface area contributed by atoms with Crippen molar-refractivity contribution in [3.05, 3.63) is 28.4 Å². The van der Waals surface area contributed by atoms with Gasteiger partial charge >= 0.3 is 0 Å². The average molecular weight is 353 g/mol. The highest BCUT2D eigenvalue weighted by molar-refractivity contribution is 9.10. The Hall–Kier alpha value is -2.16. The first-order chi connectivity index (χ1) is 10.2. The van der Waals surface area contributed by atoms with E-state index in [2.05, 4.69) is 43.4 Å². The second-order valence-electron chi connectivity index (χ2n) is 4.43. The molecule has 0 aromatic carbocycles. The lowest BCUT2D eigenvalue weighted by Crippen LogP contribution is -2.07. The number of nitrogens with two attached hydrogens (primary N) is 1. The second-order valence-corrected chi connectivity index (χ2v) is 5.22. The van der Waals surface area contributed by atoms with Crippen LogP contribution in [-0.4, -0.2) is 25.2 Å². The molecule has 0 atom stereocenters. The minimum Gasteiger partial charge on any atom is -0.444 e. The van der Waals surface area contributed by atoms with E-state index in [1.807, 2.05) is 0 Å². The number of nitrogens with zero attached hydrogens (tertiary/aromatic N) is 5. The summed E-state index contributed by atoms with van der Waals surface area (Å²) in [5, 5.41) is 15.8. The zero-order valence-corrected chi connectivity index (χ0v) is 12.9. The normalized spacial score (nSPS) is 11.1. The van der Waals surface area contributed by atoms with Gasteiger partial charge in [-0.1, -0.05) is 18.6 Å².